The number of hydrogen-bond acceptors (Lipinski definition) is 9. The number of methoxy groups -OCH3 is 1. The second-order valence-corrected chi connectivity index (χ2v) is 12.1. The van der Waals surface area contributed by atoms with Crippen LogP contribution in [0.1, 0.15) is 24.0 Å². The largest absolute Gasteiger partial charge is 0.496 e. The van der Waals surface area contributed by atoms with E-state index in [0.29, 0.717) is 48.5 Å². The van der Waals surface area contributed by atoms with Crippen molar-refractivity contribution in [1.29, 1.82) is 0 Å². The molecule has 0 aliphatic carbocycles. The molecule has 1 aromatic carbocycles. The van der Waals surface area contributed by atoms with Crippen LogP contribution in [-0.2, 0) is 14.8 Å². The first-order valence-electron chi connectivity index (χ1n) is 13.2. The van der Waals surface area contributed by atoms with Crippen LogP contribution in [0.15, 0.2) is 29.2 Å². The molecule has 10 nitrogen and oxygen atoms in total. The first-order valence-corrected chi connectivity index (χ1v) is 14.6. The molecule has 1 atom stereocenters. The Morgan fingerprint density at radius 1 is 0.919 bits per heavy atom. The molecule has 3 saturated heterocycles. The Bertz CT molecular complexity index is 1170. The van der Waals surface area contributed by atoms with E-state index in [-0.39, 0.29) is 0 Å². The number of rotatable bonds is 7. The molecule has 11 heteroatoms. The predicted molar refractivity (Wildman–Crippen MR) is 143 cm³/mol. The average molecular weight is 531 g/mol. The van der Waals surface area contributed by atoms with Crippen molar-refractivity contribution >= 4 is 21.7 Å². The summed E-state index contributed by atoms with van der Waals surface area (Å²) in [5, 5.41) is 8.99. The maximum Gasteiger partial charge on any atom is 0.243 e. The van der Waals surface area contributed by atoms with Gasteiger partial charge >= 0.3 is 0 Å². The van der Waals surface area contributed by atoms with Gasteiger partial charge in [0.15, 0.2) is 11.6 Å². The number of piperazine rings is 2. The van der Waals surface area contributed by atoms with E-state index >= 15 is 0 Å². The lowest BCUT2D eigenvalue weighted by Crippen LogP contribution is -2.49. The highest BCUT2D eigenvalue weighted by Crippen LogP contribution is 2.29. The minimum atomic E-state index is -3.58. The van der Waals surface area contributed by atoms with Crippen molar-refractivity contribution in [2.24, 2.45) is 0 Å². The summed E-state index contributed by atoms with van der Waals surface area (Å²) in [6, 6.07) is 7.54. The van der Waals surface area contributed by atoms with Gasteiger partial charge in [0, 0.05) is 65.5 Å². The third-order valence-electron chi connectivity index (χ3n) is 7.69. The van der Waals surface area contributed by atoms with E-state index < -0.39 is 10.0 Å². The van der Waals surface area contributed by atoms with Crippen molar-refractivity contribution in [3.05, 3.63) is 35.4 Å². The van der Waals surface area contributed by atoms with Gasteiger partial charge in [0.25, 0.3) is 0 Å². The van der Waals surface area contributed by atoms with Crippen molar-refractivity contribution in [3.8, 4) is 5.75 Å². The molecule has 202 valence electrons. The number of aryl methyl sites for hydroxylation is 2. The molecule has 0 saturated carbocycles. The van der Waals surface area contributed by atoms with Crippen molar-refractivity contribution in [1.82, 2.24) is 19.4 Å². The van der Waals surface area contributed by atoms with E-state index in [1.807, 2.05) is 26.0 Å². The van der Waals surface area contributed by atoms with Crippen LogP contribution in [0.4, 0.5) is 11.6 Å². The first-order chi connectivity index (χ1) is 17.8. The molecule has 0 amide bonds. The monoisotopic (exact) mass is 530 g/mol. The standard InChI is InChI=1S/C26H38N6O4S/c1-20-18-24(21(2)17-23(20)35-3)37(33,34)32-14-12-31(13-15-32)26-7-6-25(27-28-26)30-10-8-29(9-11-30)19-22-5-4-16-36-22/h6-7,17-18,22H,4-5,8-16,19H2,1-3H3. The zero-order valence-electron chi connectivity index (χ0n) is 22.1. The molecule has 3 aliphatic rings. The van der Waals surface area contributed by atoms with Gasteiger partial charge in [-0.3, -0.25) is 4.90 Å². The van der Waals surface area contributed by atoms with Gasteiger partial charge in [0.05, 0.1) is 18.1 Å². The number of benzene rings is 1. The zero-order chi connectivity index (χ0) is 26.0. The van der Waals surface area contributed by atoms with E-state index in [9.17, 15) is 8.42 Å². The fraction of sp³-hybridized carbons (Fsp3) is 0.615. The summed E-state index contributed by atoms with van der Waals surface area (Å²) >= 11 is 0. The maximum atomic E-state index is 13.4. The molecule has 2 aromatic rings. The van der Waals surface area contributed by atoms with E-state index in [1.54, 1.807) is 23.5 Å². The summed E-state index contributed by atoms with van der Waals surface area (Å²) in [5.41, 5.74) is 1.50. The van der Waals surface area contributed by atoms with Crippen molar-refractivity contribution in [3.63, 3.8) is 0 Å². The Hall–Kier alpha value is -2.47. The van der Waals surface area contributed by atoms with Crippen LogP contribution in [0.25, 0.3) is 0 Å². The van der Waals surface area contributed by atoms with Gasteiger partial charge in [-0.2, -0.15) is 4.31 Å². The Labute approximate surface area is 220 Å². The minimum Gasteiger partial charge on any atom is -0.496 e. The summed E-state index contributed by atoms with van der Waals surface area (Å²) in [4.78, 5) is 7.22. The van der Waals surface area contributed by atoms with Crippen molar-refractivity contribution < 1.29 is 17.9 Å². The molecular formula is C26H38N6O4S. The van der Waals surface area contributed by atoms with Gasteiger partial charge in [-0.25, -0.2) is 8.42 Å². The smallest absolute Gasteiger partial charge is 0.243 e. The van der Waals surface area contributed by atoms with E-state index in [2.05, 4.69) is 24.9 Å². The minimum absolute atomic E-state index is 0.347. The molecular weight excluding hydrogens is 492 g/mol. The van der Waals surface area contributed by atoms with Crippen LogP contribution in [-0.4, -0.2) is 107 Å². The SMILES string of the molecule is COc1cc(C)c(S(=O)(=O)N2CCN(c3ccc(N4CCN(CC5CCCO5)CC4)nn3)CC2)cc1C. The van der Waals surface area contributed by atoms with Gasteiger partial charge in [-0.05, 0) is 62.1 Å². The molecule has 0 bridgehead atoms. The topological polar surface area (TPSA) is 91.3 Å². The molecule has 0 N–H and O–H groups in total. The lowest BCUT2D eigenvalue weighted by Gasteiger charge is -2.36. The fourth-order valence-corrected chi connectivity index (χ4v) is 7.16. The van der Waals surface area contributed by atoms with Gasteiger partial charge in [-0.1, -0.05) is 0 Å². The van der Waals surface area contributed by atoms with Crippen LogP contribution in [0.3, 0.4) is 0 Å². The molecule has 1 unspecified atom stereocenters. The highest BCUT2D eigenvalue weighted by molar-refractivity contribution is 7.89. The number of nitrogens with zero attached hydrogens (tertiary/aromatic N) is 6. The number of sulfonamides is 1. The van der Waals surface area contributed by atoms with Crippen LogP contribution >= 0.6 is 0 Å². The van der Waals surface area contributed by atoms with E-state index in [1.165, 1.54) is 12.8 Å². The van der Waals surface area contributed by atoms with E-state index in [0.717, 1.165) is 56.5 Å². The van der Waals surface area contributed by atoms with Crippen molar-refractivity contribution in [2.75, 3.05) is 82.4 Å². The van der Waals surface area contributed by atoms with E-state index in [4.69, 9.17) is 9.47 Å². The predicted octanol–water partition coefficient (Wildman–Crippen LogP) is 1.91. The lowest BCUT2D eigenvalue weighted by molar-refractivity contribution is 0.0712. The quantitative estimate of drug-likeness (QED) is 0.532. The number of hydrogen-bond donors (Lipinski definition) is 0. The lowest BCUT2D eigenvalue weighted by atomic mass is 10.1. The molecule has 37 heavy (non-hydrogen) atoms. The Morgan fingerprint density at radius 3 is 2.08 bits per heavy atom. The average Bonchev–Trinajstić information content (AvgIpc) is 3.43. The third kappa shape index (κ3) is 5.69. The molecule has 3 fully saturated rings. The molecule has 5 rings (SSSR count). The zero-order valence-corrected chi connectivity index (χ0v) is 22.9. The third-order valence-corrected chi connectivity index (χ3v) is 9.73. The Balaban J connectivity index is 1.15. The second-order valence-electron chi connectivity index (χ2n) is 10.2. The summed E-state index contributed by atoms with van der Waals surface area (Å²) in [7, 11) is -1.99. The number of aromatic nitrogens is 2. The summed E-state index contributed by atoms with van der Waals surface area (Å²) in [6.45, 7) is 11.4. The second kappa shape index (κ2) is 11.1. The summed E-state index contributed by atoms with van der Waals surface area (Å²) in [6.07, 6.45) is 2.75. The van der Waals surface area contributed by atoms with Crippen LogP contribution in [0.2, 0.25) is 0 Å². The Morgan fingerprint density at radius 2 is 1.54 bits per heavy atom. The Kier molecular flexibility index (Phi) is 7.85. The molecule has 0 spiro atoms. The molecule has 1 aromatic heterocycles. The number of ether oxygens (including phenoxy) is 2. The highest BCUT2D eigenvalue weighted by Gasteiger charge is 2.31. The summed E-state index contributed by atoms with van der Waals surface area (Å²) < 4.78 is 39.4. The van der Waals surface area contributed by atoms with Crippen LogP contribution in [0.5, 0.6) is 5.75 Å². The van der Waals surface area contributed by atoms with Crippen LogP contribution < -0.4 is 14.5 Å². The number of anilines is 2. The fourth-order valence-electron chi connectivity index (χ4n) is 5.45. The van der Waals surface area contributed by atoms with Gasteiger partial charge < -0.3 is 19.3 Å². The van der Waals surface area contributed by atoms with Crippen LogP contribution in [0, 0.1) is 13.8 Å². The van der Waals surface area contributed by atoms with Gasteiger partial charge in [0.1, 0.15) is 5.75 Å². The maximum absolute atomic E-state index is 13.4. The molecule has 4 heterocycles. The van der Waals surface area contributed by atoms with Gasteiger partial charge in [-0.15, -0.1) is 10.2 Å². The molecule has 0 radical (unpaired) electrons. The normalized spacial score (nSPS) is 22.0. The highest BCUT2D eigenvalue weighted by atomic mass is 32.2. The molecule has 3 aliphatic heterocycles. The van der Waals surface area contributed by atoms with Crippen molar-refractivity contribution in [2.45, 2.75) is 37.7 Å². The van der Waals surface area contributed by atoms with Gasteiger partial charge in [0.2, 0.25) is 10.0 Å². The summed E-state index contributed by atoms with van der Waals surface area (Å²) in [5.74, 6) is 2.38. The first kappa shape index (κ1) is 26.1.